The van der Waals surface area contributed by atoms with Crippen molar-refractivity contribution in [3.8, 4) is 0 Å². The van der Waals surface area contributed by atoms with Crippen molar-refractivity contribution < 1.29 is 0 Å². The Balaban J connectivity index is 1.89. The van der Waals surface area contributed by atoms with Crippen molar-refractivity contribution in [3.05, 3.63) is 22.9 Å². The van der Waals surface area contributed by atoms with Crippen LogP contribution >= 0.6 is 0 Å². The summed E-state index contributed by atoms with van der Waals surface area (Å²) >= 11 is 0. The summed E-state index contributed by atoms with van der Waals surface area (Å²) in [5.74, 6) is 1.83. The maximum absolute atomic E-state index is 7.88. The fourth-order valence-corrected chi connectivity index (χ4v) is 3.78. The van der Waals surface area contributed by atoms with Gasteiger partial charge in [0.1, 0.15) is 11.7 Å². The highest BCUT2D eigenvalue weighted by molar-refractivity contribution is 5.99. The Bertz CT molecular complexity index is 532. The Kier molecular flexibility index (Phi) is 4.13. The van der Waals surface area contributed by atoms with Gasteiger partial charge in [0.25, 0.3) is 0 Å². The van der Waals surface area contributed by atoms with Crippen molar-refractivity contribution in [1.82, 2.24) is 4.98 Å². The number of pyridine rings is 1. The van der Waals surface area contributed by atoms with E-state index < -0.39 is 0 Å². The van der Waals surface area contributed by atoms with Gasteiger partial charge in [-0.05, 0) is 56.1 Å². The second kappa shape index (κ2) is 6.04. The van der Waals surface area contributed by atoms with Gasteiger partial charge in [0, 0.05) is 19.3 Å². The molecule has 0 aromatic carbocycles. The molecule has 0 aliphatic heterocycles. The van der Waals surface area contributed by atoms with Crippen LogP contribution in [-0.4, -0.2) is 24.4 Å². The topological polar surface area (TPSA) is 66.0 Å². The highest BCUT2D eigenvalue weighted by Gasteiger charge is 2.22. The van der Waals surface area contributed by atoms with Gasteiger partial charge in [-0.1, -0.05) is 12.8 Å². The van der Waals surface area contributed by atoms with Gasteiger partial charge in [-0.15, -0.1) is 0 Å². The number of fused-ring (bicyclic) bond motifs is 1. The van der Waals surface area contributed by atoms with E-state index in [2.05, 4.69) is 18.0 Å². The zero-order valence-corrected chi connectivity index (χ0v) is 13.0. The van der Waals surface area contributed by atoms with E-state index in [1.165, 1.54) is 49.8 Å². The van der Waals surface area contributed by atoms with Crippen LogP contribution in [0.2, 0.25) is 0 Å². The molecule has 1 fully saturated rings. The van der Waals surface area contributed by atoms with Gasteiger partial charge in [0.05, 0.1) is 5.56 Å². The van der Waals surface area contributed by atoms with E-state index in [0.29, 0.717) is 0 Å². The van der Waals surface area contributed by atoms with Crippen LogP contribution in [0.3, 0.4) is 0 Å². The van der Waals surface area contributed by atoms with Gasteiger partial charge < -0.3 is 10.6 Å². The van der Waals surface area contributed by atoms with Crippen LogP contribution in [0, 0.1) is 11.3 Å². The normalized spacial score (nSPS) is 18.5. The molecular formula is C17H26N4. The first-order valence-electron chi connectivity index (χ1n) is 8.23. The Morgan fingerprint density at radius 3 is 2.71 bits per heavy atom. The second-order valence-electron chi connectivity index (χ2n) is 6.62. The average molecular weight is 286 g/mol. The Morgan fingerprint density at radius 2 is 2.00 bits per heavy atom. The summed E-state index contributed by atoms with van der Waals surface area (Å²) in [5, 5.41) is 7.88. The number of anilines is 1. The maximum atomic E-state index is 7.88. The summed E-state index contributed by atoms with van der Waals surface area (Å²) in [6.07, 6.45) is 9.96. The zero-order valence-electron chi connectivity index (χ0n) is 13.0. The molecule has 0 atom stereocenters. The lowest BCUT2D eigenvalue weighted by atomic mass is 9.94. The Morgan fingerprint density at radius 1 is 1.29 bits per heavy atom. The molecule has 0 bridgehead atoms. The highest BCUT2D eigenvalue weighted by Crippen LogP contribution is 2.29. The van der Waals surface area contributed by atoms with Gasteiger partial charge in [-0.25, -0.2) is 4.98 Å². The van der Waals surface area contributed by atoms with E-state index >= 15 is 0 Å². The summed E-state index contributed by atoms with van der Waals surface area (Å²) in [6.45, 7) is 1.03. The lowest BCUT2D eigenvalue weighted by Gasteiger charge is -2.26. The van der Waals surface area contributed by atoms with E-state index in [1.54, 1.807) is 0 Å². The minimum Gasteiger partial charge on any atom is -0.384 e. The fourth-order valence-electron chi connectivity index (χ4n) is 3.78. The predicted molar refractivity (Wildman–Crippen MR) is 87.1 cm³/mol. The third-order valence-electron chi connectivity index (χ3n) is 4.94. The van der Waals surface area contributed by atoms with Crippen molar-refractivity contribution in [1.29, 1.82) is 5.41 Å². The average Bonchev–Trinajstić information content (AvgIpc) is 2.98. The monoisotopic (exact) mass is 286 g/mol. The van der Waals surface area contributed by atoms with Crippen LogP contribution in [-0.2, 0) is 12.8 Å². The summed E-state index contributed by atoms with van der Waals surface area (Å²) in [7, 11) is 2.10. The minimum atomic E-state index is 0.143. The largest absolute Gasteiger partial charge is 0.384 e. The van der Waals surface area contributed by atoms with Crippen molar-refractivity contribution in [2.45, 2.75) is 51.4 Å². The van der Waals surface area contributed by atoms with Gasteiger partial charge in [0.2, 0.25) is 0 Å². The molecule has 0 radical (unpaired) electrons. The molecule has 0 spiro atoms. The molecule has 1 aromatic heterocycles. The molecule has 3 rings (SSSR count). The van der Waals surface area contributed by atoms with Gasteiger partial charge in [0.15, 0.2) is 0 Å². The first-order valence-corrected chi connectivity index (χ1v) is 8.23. The van der Waals surface area contributed by atoms with E-state index in [1.807, 2.05) is 0 Å². The van der Waals surface area contributed by atoms with Crippen LogP contribution in [0.1, 0.15) is 55.3 Å². The highest BCUT2D eigenvalue weighted by atomic mass is 15.2. The number of nitrogens with one attached hydrogen (secondary N) is 1. The molecule has 0 saturated heterocycles. The standard InChI is InChI=1S/C17H26N4/c1-21(11-12-6-2-3-7-12)17-14(16(18)19)10-13-8-4-5-9-15(13)20-17/h10,12H,2-9,11H2,1H3,(H3,18,19). The number of aromatic nitrogens is 1. The quantitative estimate of drug-likeness (QED) is 0.660. The number of nitrogen functional groups attached to an aromatic ring is 1. The Hall–Kier alpha value is -1.58. The first-order chi connectivity index (χ1) is 10.1. The number of amidine groups is 1. The molecular weight excluding hydrogens is 260 g/mol. The van der Waals surface area contributed by atoms with Gasteiger partial charge >= 0.3 is 0 Å². The van der Waals surface area contributed by atoms with E-state index in [0.717, 1.165) is 36.7 Å². The summed E-state index contributed by atoms with van der Waals surface area (Å²) in [6, 6.07) is 2.12. The number of rotatable bonds is 4. The third kappa shape index (κ3) is 3.04. The number of nitrogens with zero attached hydrogens (tertiary/aromatic N) is 2. The van der Waals surface area contributed by atoms with Crippen molar-refractivity contribution >= 4 is 11.7 Å². The molecule has 114 valence electrons. The number of hydrogen-bond donors (Lipinski definition) is 2. The van der Waals surface area contributed by atoms with Crippen LogP contribution in [0.5, 0.6) is 0 Å². The first kappa shape index (κ1) is 14.4. The third-order valence-corrected chi connectivity index (χ3v) is 4.94. The van der Waals surface area contributed by atoms with Crippen LogP contribution < -0.4 is 10.6 Å². The number of nitrogens with two attached hydrogens (primary N) is 1. The minimum absolute atomic E-state index is 0.143. The maximum Gasteiger partial charge on any atom is 0.139 e. The molecule has 4 heteroatoms. The second-order valence-corrected chi connectivity index (χ2v) is 6.62. The van der Waals surface area contributed by atoms with E-state index in [9.17, 15) is 0 Å². The smallest absolute Gasteiger partial charge is 0.139 e. The summed E-state index contributed by atoms with van der Waals surface area (Å²) in [4.78, 5) is 7.11. The van der Waals surface area contributed by atoms with Crippen molar-refractivity contribution in [2.75, 3.05) is 18.5 Å². The van der Waals surface area contributed by atoms with Gasteiger partial charge in [-0.2, -0.15) is 0 Å². The Labute approximate surface area is 127 Å². The van der Waals surface area contributed by atoms with E-state index in [-0.39, 0.29) is 5.84 Å². The fraction of sp³-hybridized carbons (Fsp3) is 0.647. The molecule has 1 saturated carbocycles. The predicted octanol–water partition coefficient (Wildman–Crippen LogP) is 2.87. The molecule has 0 unspecified atom stereocenters. The van der Waals surface area contributed by atoms with Crippen molar-refractivity contribution in [3.63, 3.8) is 0 Å². The van der Waals surface area contributed by atoms with Crippen LogP contribution in [0.15, 0.2) is 6.07 Å². The molecule has 0 amide bonds. The number of aryl methyl sites for hydroxylation is 2. The SMILES string of the molecule is CN(CC1CCCC1)c1nc2c(cc1C(=N)N)CCCC2. The molecule has 4 nitrogen and oxygen atoms in total. The molecule has 3 N–H and O–H groups in total. The van der Waals surface area contributed by atoms with Crippen LogP contribution in [0.4, 0.5) is 5.82 Å². The van der Waals surface area contributed by atoms with Gasteiger partial charge in [-0.3, -0.25) is 5.41 Å². The number of hydrogen-bond acceptors (Lipinski definition) is 3. The molecule has 1 aromatic rings. The lowest BCUT2D eigenvalue weighted by Crippen LogP contribution is -2.29. The summed E-state index contributed by atoms with van der Waals surface area (Å²) in [5.41, 5.74) is 9.14. The lowest BCUT2D eigenvalue weighted by molar-refractivity contribution is 0.544. The zero-order chi connectivity index (χ0) is 14.8. The van der Waals surface area contributed by atoms with Crippen LogP contribution in [0.25, 0.3) is 0 Å². The van der Waals surface area contributed by atoms with E-state index in [4.69, 9.17) is 16.1 Å². The molecule has 21 heavy (non-hydrogen) atoms. The molecule has 2 aliphatic carbocycles. The molecule has 2 aliphatic rings. The summed E-state index contributed by atoms with van der Waals surface area (Å²) < 4.78 is 0. The molecule has 1 heterocycles. The van der Waals surface area contributed by atoms with Crippen molar-refractivity contribution in [2.24, 2.45) is 11.7 Å².